The fraction of sp³-hybridized carbons (Fsp3) is 0.750. The van der Waals surface area contributed by atoms with Crippen LogP contribution in [-0.4, -0.2) is 16.0 Å². The SMILES string of the molecule is [CH2]C(O)(O)CC. The van der Waals surface area contributed by atoms with Gasteiger partial charge in [-0.2, -0.15) is 0 Å². The number of hydrogen-bond acceptors (Lipinski definition) is 2. The number of aliphatic hydroxyl groups is 2. The van der Waals surface area contributed by atoms with E-state index in [-0.39, 0.29) is 6.42 Å². The lowest BCUT2D eigenvalue weighted by Crippen LogP contribution is -2.20. The van der Waals surface area contributed by atoms with Crippen molar-refractivity contribution < 1.29 is 10.2 Å². The van der Waals surface area contributed by atoms with Crippen molar-refractivity contribution >= 4 is 0 Å². The lowest BCUT2D eigenvalue weighted by Gasteiger charge is -2.09. The van der Waals surface area contributed by atoms with Gasteiger partial charge in [0.2, 0.25) is 0 Å². The Morgan fingerprint density at radius 1 is 1.67 bits per heavy atom. The van der Waals surface area contributed by atoms with E-state index in [2.05, 4.69) is 6.92 Å². The minimum absolute atomic E-state index is 0.271. The average molecular weight is 89.1 g/mol. The van der Waals surface area contributed by atoms with Crippen LogP contribution in [0.4, 0.5) is 0 Å². The zero-order chi connectivity index (χ0) is 5.21. The molecular weight excluding hydrogens is 80.0 g/mol. The normalized spacial score (nSPS) is 12.0. The molecule has 0 aromatic carbocycles. The van der Waals surface area contributed by atoms with Gasteiger partial charge in [-0.15, -0.1) is 0 Å². The van der Waals surface area contributed by atoms with E-state index in [4.69, 9.17) is 10.2 Å². The van der Waals surface area contributed by atoms with Gasteiger partial charge in [0, 0.05) is 6.92 Å². The Labute approximate surface area is 37.4 Å². The van der Waals surface area contributed by atoms with Crippen LogP contribution < -0.4 is 0 Å². The average Bonchev–Trinajstić information content (AvgIpc) is 1.35. The summed E-state index contributed by atoms with van der Waals surface area (Å²) in [7, 11) is 0. The Morgan fingerprint density at radius 2 is 1.83 bits per heavy atom. The molecule has 2 heteroatoms. The van der Waals surface area contributed by atoms with E-state index in [1.807, 2.05) is 0 Å². The van der Waals surface area contributed by atoms with Gasteiger partial charge in [0.1, 0.15) is 0 Å². The van der Waals surface area contributed by atoms with Crippen molar-refractivity contribution in [2.45, 2.75) is 19.1 Å². The zero-order valence-corrected chi connectivity index (χ0v) is 3.81. The molecule has 0 aliphatic heterocycles. The molecule has 1 radical (unpaired) electrons. The molecule has 0 spiro atoms. The Kier molecular flexibility index (Phi) is 1.56. The predicted molar refractivity (Wildman–Crippen MR) is 22.8 cm³/mol. The fourth-order valence-electron chi connectivity index (χ4n) is 0. The Balaban J connectivity index is 3.17. The van der Waals surface area contributed by atoms with Crippen molar-refractivity contribution in [1.29, 1.82) is 0 Å². The standard InChI is InChI=1S/C4H9O2/c1-3-4(2,5)6/h5-6H,2-3H2,1H3. The third-order valence-electron chi connectivity index (χ3n) is 0.566. The molecule has 0 unspecified atom stereocenters. The van der Waals surface area contributed by atoms with Crippen molar-refractivity contribution in [3.05, 3.63) is 6.92 Å². The molecule has 0 bridgehead atoms. The van der Waals surface area contributed by atoms with E-state index in [9.17, 15) is 0 Å². The van der Waals surface area contributed by atoms with E-state index >= 15 is 0 Å². The first-order valence-electron chi connectivity index (χ1n) is 1.86. The largest absolute Gasteiger partial charge is 0.366 e. The third kappa shape index (κ3) is 3.92. The second-order valence-electron chi connectivity index (χ2n) is 1.34. The van der Waals surface area contributed by atoms with Crippen molar-refractivity contribution in [3.63, 3.8) is 0 Å². The first-order chi connectivity index (χ1) is 2.56. The second kappa shape index (κ2) is 1.58. The van der Waals surface area contributed by atoms with Gasteiger partial charge in [-0.05, 0) is 6.42 Å². The topological polar surface area (TPSA) is 40.5 Å². The first-order valence-corrected chi connectivity index (χ1v) is 1.86. The second-order valence-corrected chi connectivity index (χ2v) is 1.34. The molecule has 0 aromatic heterocycles. The van der Waals surface area contributed by atoms with E-state index in [1.54, 1.807) is 6.92 Å². The molecule has 2 N–H and O–H groups in total. The van der Waals surface area contributed by atoms with Crippen molar-refractivity contribution in [3.8, 4) is 0 Å². The molecule has 0 saturated carbocycles. The van der Waals surface area contributed by atoms with Crippen molar-refractivity contribution in [2.24, 2.45) is 0 Å². The summed E-state index contributed by atoms with van der Waals surface area (Å²) in [6, 6.07) is 0. The lowest BCUT2D eigenvalue weighted by atomic mass is 10.3. The summed E-state index contributed by atoms with van der Waals surface area (Å²) < 4.78 is 0. The summed E-state index contributed by atoms with van der Waals surface area (Å²) in [5.41, 5.74) is 0. The molecular formula is C4H9O2. The van der Waals surface area contributed by atoms with Gasteiger partial charge in [0.25, 0.3) is 0 Å². The molecule has 0 saturated heterocycles. The highest BCUT2D eigenvalue weighted by atomic mass is 16.5. The molecule has 0 fully saturated rings. The minimum atomic E-state index is -1.71. The van der Waals surface area contributed by atoms with Gasteiger partial charge >= 0.3 is 0 Å². The number of rotatable bonds is 1. The van der Waals surface area contributed by atoms with Crippen molar-refractivity contribution in [1.82, 2.24) is 0 Å². The van der Waals surface area contributed by atoms with E-state index in [0.29, 0.717) is 0 Å². The van der Waals surface area contributed by atoms with Crippen LogP contribution in [0.2, 0.25) is 0 Å². The summed E-state index contributed by atoms with van der Waals surface area (Å²) in [6.45, 7) is 4.65. The molecule has 0 rings (SSSR count). The first kappa shape index (κ1) is 5.92. The summed E-state index contributed by atoms with van der Waals surface area (Å²) in [4.78, 5) is 0. The minimum Gasteiger partial charge on any atom is -0.366 e. The maximum Gasteiger partial charge on any atom is 0.162 e. The molecule has 0 heterocycles. The fourth-order valence-corrected chi connectivity index (χ4v) is 0. The Bertz CT molecular complexity index is 35.3. The predicted octanol–water partition coefficient (Wildman–Crippen LogP) is -0.0886. The lowest BCUT2D eigenvalue weighted by molar-refractivity contribution is -0.122. The number of hydrogen-bond donors (Lipinski definition) is 2. The molecule has 0 amide bonds. The zero-order valence-electron chi connectivity index (χ0n) is 3.81. The Hall–Kier alpha value is -0.0800. The molecule has 0 aliphatic rings. The quantitative estimate of drug-likeness (QED) is 0.441. The highest BCUT2D eigenvalue weighted by Crippen LogP contribution is 1.98. The van der Waals surface area contributed by atoms with E-state index < -0.39 is 5.79 Å². The van der Waals surface area contributed by atoms with Gasteiger partial charge in [-0.3, -0.25) is 0 Å². The van der Waals surface area contributed by atoms with Crippen LogP contribution in [0.1, 0.15) is 13.3 Å². The Morgan fingerprint density at radius 3 is 1.83 bits per heavy atom. The molecule has 2 nitrogen and oxygen atoms in total. The van der Waals surface area contributed by atoms with Crippen LogP contribution in [-0.2, 0) is 0 Å². The van der Waals surface area contributed by atoms with Crippen LogP contribution in [0.3, 0.4) is 0 Å². The van der Waals surface area contributed by atoms with E-state index in [0.717, 1.165) is 0 Å². The third-order valence-corrected chi connectivity index (χ3v) is 0.566. The summed E-state index contributed by atoms with van der Waals surface area (Å²) in [6.07, 6.45) is 0.271. The molecule has 6 heavy (non-hydrogen) atoms. The van der Waals surface area contributed by atoms with Crippen LogP contribution in [0.5, 0.6) is 0 Å². The molecule has 37 valence electrons. The summed E-state index contributed by atoms with van der Waals surface area (Å²) >= 11 is 0. The van der Waals surface area contributed by atoms with Gasteiger partial charge < -0.3 is 10.2 Å². The molecule has 0 atom stereocenters. The van der Waals surface area contributed by atoms with Gasteiger partial charge in [-0.1, -0.05) is 6.92 Å². The monoisotopic (exact) mass is 89.1 g/mol. The van der Waals surface area contributed by atoms with Crippen LogP contribution >= 0.6 is 0 Å². The van der Waals surface area contributed by atoms with E-state index in [1.165, 1.54) is 0 Å². The maximum absolute atomic E-state index is 8.27. The summed E-state index contributed by atoms with van der Waals surface area (Å²) in [5.74, 6) is -1.71. The highest BCUT2D eigenvalue weighted by Gasteiger charge is 2.08. The summed E-state index contributed by atoms with van der Waals surface area (Å²) in [5, 5.41) is 16.5. The van der Waals surface area contributed by atoms with Crippen LogP contribution in [0.15, 0.2) is 0 Å². The molecule has 0 aromatic rings. The van der Waals surface area contributed by atoms with Gasteiger partial charge in [0.15, 0.2) is 5.79 Å². The van der Waals surface area contributed by atoms with Crippen LogP contribution in [0, 0.1) is 6.92 Å². The van der Waals surface area contributed by atoms with Gasteiger partial charge in [0.05, 0.1) is 0 Å². The maximum atomic E-state index is 8.27. The van der Waals surface area contributed by atoms with Crippen LogP contribution in [0.25, 0.3) is 0 Å². The molecule has 0 aliphatic carbocycles. The van der Waals surface area contributed by atoms with Crippen molar-refractivity contribution in [2.75, 3.05) is 0 Å². The van der Waals surface area contributed by atoms with Gasteiger partial charge in [-0.25, -0.2) is 0 Å². The highest BCUT2D eigenvalue weighted by molar-refractivity contribution is 4.61. The smallest absolute Gasteiger partial charge is 0.162 e.